The second-order valence-electron chi connectivity index (χ2n) is 16.0. The molecular formula is C55H92O5. The first-order valence-electron chi connectivity index (χ1n) is 24.8. The van der Waals surface area contributed by atoms with E-state index in [2.05, 4.69) is 106 Å². The lowest BCUT2D eigenvalue weighted by Gasteiger charge is -2.18. The fraction of sp³-hybridized carbons (Fsp3) is 0.673. The van der Waals surface area contributed by atoms with Gasteiger partial charge in [0.25, 0.3) is 0 Å². The summed E-state index contributed by atoms with van der Waals surface area (Å²) >= 11 is 0. The van der Waals surface area contributed by atoms with Crippen LogP contribution in [0.25, 0.3) is 0 Å². The number of unbranched alkanes of at least 4 members (excludes halogenated alkanes) is 18. The average molecular weight is 833 g/mol. The van der Waals surface area contributed by atoms with Gasteiger partial charge in [-0.15, -0.1) is 0 Å². The van der Waals surface area contributed by atoms with Gasteiger partial charge in [-0.1, -0.05) is 214 Å². The summed E-state index contributed by atoms with van der Waals surface area (Å²) in [5, 5.41) is 0. The number of rotatable bonds is 44. The standard InChI is InChI=1S/C55H92O5/c1-4-7-10-13-16-19-22-24-26-27-28-29-31-32-34-36-39-42-45-48-54(56)59-52-53(51-58-50-47-44-41-38-21-18-15-12-9-6-3)60-55(57)49-46-43-40-37-35-33-30-25-23-20-17-14-11-8-5-2/h8,11,16-17,19-20,24-26,28-30,35,37,43,46,53H,4-7,9-10,12-15,18,21-23,27,31-34,36,38-42,44-45,47-52H2,1-3H3/b11-8-,19-16-,20-17-,26-24-,29-28-,30-25-,37-35-,46-43-. The summed E-state index contributed by atoms with van der Waals surface area (Å²) in [7, 11) is 0. The molecule has 1 atom stereocenters. The maximum atomic E-state index is 12.7. The number of hydrogen-bond acceptors (Lipinski definition) is 5. The Labute approximate surface area is 371 Å². The predicted octanol–water partition coefficient (Wildman–Crippen LogP) is 16.7. The molecule has 0 rings (SSSR count). The quantitative estimate of drug-likeness (QED) is 0.0348. The molecule has 0 spiro atoms. The molecule has 0 saturated carbocycles. The molecule has 0 aliphatic carbocycles. The number of carbonyl (C=O) groups is 2. The lowest BCUT2D eigenvalue weighted by atomic mass is 10.1. The molecule has 60 heavy (non-hydrogen) atoms. The normalized spacial score (nSPS) is 13.1. The molecule has 0 aromatic heterocycles. The Bertz CT molecular complexity index is 1170. The number of ether oxygens (including phenoxy) is 3. The van der Waals surface area contributed by atoms with Crippen molar-refractivity contribution in [1.82, 2.24) is 0 Å². The molecule has 0 saturated heterocycles. The van der Waals surface area contributed by atoms with E-state index in [1.54, 1.807) is 0 Å². The van der Waals surface area contributed by atoms with Crippen molar-refractivity contribution >= 4 is 11.9 Å². The van der Waals surface area contributed by atoms with E-state index in [9.17, 15) is 9.59 Å². The molecule has 0 aromatic rings. The minimum atomic E-state index is -0.598. The van der Waals surface area contributed by atoms with Crippen LogP contribution in [0.4, 0.5) is 0 Å². The minimum absolute atomic E-state index is 0.0355. The van der Waals surface area contributed by atoms with Crippen LogP contribution in [0.5, 0.6) is 0 Å². The van der Waals surface area contributed by atoms with Crippen molar-refractivity contribution in [3.05, 3.63) is 97.2 Å². The maximum absolute atomic E-state index is 12.7. The fourth-order valence-corrected chi connectivity index (χ4v) is 6.47. The fourth-order valence-electron chi connectivity index (χ4n) is 6.47. The lowest BCUT2D eigenvalue weighted by Crippen LogP contribution is -2.29. The van der Waals surface area contributed by atoms with E-state index >= 15 is 0 Å². The molecule has 0 amide bonds. The molecule has 0 heterocycles. The first-order chi connectivity index (χ1) is 29.6. The van der Waals surface area contributed by atoms with Gasteiger partial charge in [-0.2, -0.15) is 0 Å². The Morgan fingerprint density at radius 1 is 0.400 bits per heavy atom. The van der Waals surface area contributed by atoms with E-state index in [0.29, 0.717) is 13.0 Å². The van der Waals surface area contributed by atoms with Crippen LogP contribution in [-0.2, 0) is 23.8 Å². The molecule has 5 heteroatoms. The SMILES string of the molecule is CC/C=C\C/C=C\C/C=C\C/C=C\C/C=C\CC(=O)OC(COCCCCCCCCCCCC)COC(=O)CCCCCCCC/C=C\C/C=C\C/C=C\CCCCC. The first-order valence-corrected chi connectivity index (χ1v) is 24.8. The van der Waals surface area contributed by atoms with Crippen LogP contribution >= 0.6 is 0 Å². The smallest absolute Gasteiger partial charge is 0.310 e. The van der Waals surface area contributed by atoms with E-state index < -0.39 is 6.10 Å². The van der Waals surface area contributed by atoms with Crippen LogP contribution in [0, 0.1) is 0 Å². The highest BCUT2D eigenvalue weighted by Crippen LogP contribution is 2.12. The second-order valence-corrected chi connectivity index (χ2v) is 16.0. The summed E-state index contributed by atoms with van der Waals surface area (Å²) in [4.78, 5) is 25.3. The van der Waals surface area contributed by atoms with Gasteiger partial charge in [0, 0.05) is 13.0 Å². The maximum Gasteiger partial charge on any atom is 0.310 e. The molecule has 342 valence electrons. The van der Waals surface area contributed by atoms with Gasteiger partial charge in [-0.25, -0.2) is 0 Å². The monoisotopic (exact) mass is 833 g/mol. The van der Waals surface area contributed by atoms with Gasteiger partial charge in [0.2, 0.25) is 0 Å². The highest BCUT2D eigenvalue weighted by molar-refractivity contribution is 5.71. The van der Waals surface area contributed by atoms with Crippen LogP contribution in [0.2, 0.25) is 0 Å². The van der Waals surface area contributed by atoms with Crippen molar-refractivity contribution in [3.8, 4) is 0 Å². The van der Waals surface area contributed by atoms with E-state index in [-0.39, 0.29) is 31.6 Å². The third kappa shape index (κ3) is 47.5. The molecule has 0 bridgehead atoms. The number of hydrogen-bond donors (Lipinski definition) is 0. The van der Waals surface area contributed by atoms with Gasteiger partial charge < -0.3 is 14.2 Å². The van der Waals surface area contributed by atoms with Crippen LogP contribution in [0.1, 0.15) is 213 Å². The molecule has 5 nitrogen and oxygen atoms in total. The molecule has 1 unspecified atom stereocenters. The van der Waals surface area contributed by atoms with Crippen molar-refractivity contribution < 1.29 is 23.8 Å². The Morgan fingerprint density at radius 3 is 1.32 bits per heavy atom. The van der Waals surface area contributed by atoms with Gasteiger partial charge >= 0.3 is 11.9 Å². The van der Waals surface area contributed by atoms with E-state index in [0.717, 1.165) is 83.5 Å². The zero-order valence-electron chi connectivity index (χ0n) is 39.2. The average Bonchev–Trinajstić information content (AvgIpc) is 3.25. The van der Waals surface area contributed by atoms with Gasteiger partial charge in [-0.05, 0) is 83.5 Å². The minimum Gasteiger partial charge on any atom is -0.462 e. The number of allylic oxidation sites excluding steroid dienone is 15. The zero-order valence-corrected chi connectivity index (χ0v) is 39.2. The third-order valence-corrected chi connectivity index (χ3v) is 10.1. The van der Waals surface area contributed by atoms with Crippen molar-refractivity contribution in [2.24, 2.45) is 0 Å². The van der Waals surface area contributed by atoms with Crippen LogP contribution in [0.15, 0.2) is 97.2 Å². The van der Waals surface area contributed by atoms with E-state index in [1.165, 1.54) is 96.3 Å². The van der Waals surface area contributed by atoms with Crippen LogP contribution in [0.3, 0.4) is 0 Å². The highest BCUT2D eigenvalue weighted by Gasteiger charge is 2.17. The Kier molecular flexibility index (Phi) is 47.5. The van der Waals surface area contributed by atoms with Gasteiger partial charge in [0.05, 0.1) is 13.0 Å². The molecular weight excluding hydrogens is 741 g/mol. The predicted molar refractivity (Wildman–Crippen MR) is 260 cm³/mol. The molecule has 0 radical (unpaired) electrons. The second kappa shape index (κ2) is 50.2. The molecule has 0 N–H and O–H groups in total. The Hall–Kier alpha value is -3.18. The molecule has 0 aliphatic rings. The molecule has 0 fully saturated rings. The van der Waals surface area contributed by atoms with E-state index in [1.807, 2.05) is 12.2 Å². The van der Waals surface area contributed by atoms with Crippen LogP contribution < -0.4 is 0 Å². The molecule has 0 aromatic carbocycles. The van der Waals surface area contributed by atoms with Crippen LogP contribution in [-0.4, -0.2) is 37.9 Å². The summed E-state index contributed by atoms with van der Waals surface area (Å²) in [5.41, 5.74) is 0. The third-order valence-electron chi connectivity index (χ3n) is 10.1. The van der Waals surface area contributed by atoms with Crippen molar-refractivity contribution in [2.45, 2.75) is 219 Å². The summed E-state index contributed by atoms with van der Waals surface area (Å²) < 4.78 is 17.2. The topological polar surface area (TPSA) is 61.8 Å². The van der Waals surface area contributed by atoms with Gasteiger partial charge in [0.1, 0.15) is 6.61 Å². The van der Waals surface area contributed by atoms with Crippen molar-refractivity contribution in [1.29, 1.82) is 0 Å². The van der Waals surface area contributed by atoms with Crippen molar-refractivity contribution in [2.75, 3.05) is 19.8 Å². The zero-order chi connectivity index (χ0) is 43.5. The summed E-state index contributed by atoms with van der Waals surface area (Å²) in [5.74, 6) is -0.561. The lowest BCUT2D eigenvalue weighted by molar-refractivity contribution is -0.162. The first kappa shape index (κ1) is 56.8. The summed E-state index contributed by atoms with van der Waals surface area (Å²) in [6, 6.07) is 0. The van der Waals surface area contributed by atoms with Crippen molar-refractivity contribution in [3.63, 3.8) is 0 Å². The molecule has 0 aliphatic heterocycles. The largest absolute Gasteiger partial charge is 0.462 e. The van der Waals surface area contributed by atoms with Gasteiger partial charge in [0.15, 0.2) is 6.10 Å². The van der Waals surface area contributed by atoms with E-state index in [4.69, 9.17) is 14.2 Å². The Balaban J connectivity index is 4.37. The summed E-state index contributed by atoms with van der Waals surface area (Å²) in [6.07, 6.45) is 67.2. The van der Waals surface area contributed by atoms with Gasteiger partial charge in [-0.3, -0.25) is 9.59 Å². The number of carbonyl (C=O) groups excluding carboxylic acids is 2. The Morgan fingerprint density at radius 2 is 0.800 bits per heavy atom. The number of esters is 2. The summed E-state index contributed by atoms with van der Waals surface area (Å²) in [6.45, 7) is 7.55. The highest BCUT2D eigenvalue weighted by atomic mass is 16.6.